The molecule has 3 rings (SSSR count). The Morgan fingerprint density at radius 2 is 2.36 bits per heavy atom. The van der Waals surface area contributed by atoms with Crippen molar-refractivity contribution in [3.8, 4) is 0 Å². The Hall–Kier alpha value is -1.64. The minimum atomic E-state index is -0.101. The molecular weight excluding hydrogens is 395 g/mol. The number of carbonyl (C=O) groups is 1. The Bertz CT molecular complexity index is 753. The van der Waals surface area contributed by atoms with Crippen molar-refractivity contribution in [2.24, 2.45) is 5.92 Å². The molecule has 22 heavy (non-hydrogen) atoms. The number of nitrogen functional groups attached to an aromatic ring is 1. The van der Waals surface area contributed by atoms with Gasteiger partial charge in [0.2, 0.25) is 0 Å². The van der Waals surface area contributed by atoms with Crippen molar-refractivity contribution in [2.75, 3.05) is 12.3 Å². The first-order chi connectivity index (χ1) is 10.6. The van der Waals surface area contributed by atoms with E-state index in [0.29, 0.717) is 18.8 Å². The van der Waals surface area contributed by atoms with E-state index in [4.69, 9.17) is 10.5 Å². The fraction of sp³-hybridized carbons (Fsp3) is 0.400. The van der Waals surface area contributed by atoms with Crippen LogP contribution in [0, 0.1) is 9.49 Å². The number of hydrogen-bond donors (Lipinski definition) is 1. The first-order valence-corrected chi connectivity index (χ1v) is 8.32. The standard InChI is InChI=1S/C15H17IN4O2/c1-2-22-15(21)9-3-5-10(6-4-9)20-7-11(16)12-13(17)18-8-19-14(12)20/h5,7-9H,2-4,6H2,1H3,(H2,17,18,19)/t9-/m0/s1. The Kier molecular flexibility index (Phi) is 4.32. The van der Waals surface area contributed by atoms with Gasteiger partial charge in [-0.3, -0.25) is 4.79 Å². The lowest BCUT2D eigenvalue weighted by molar-refractivity contribution is -0.148. The molecule has 6 nitrogen and oxygen atoms in total. The maximum absolute atomic E-state index is 11.8. The van der Waals surface area contributed by atoms with Gasteiger partial charge in [-0.25, -0.2) is 9.97 Å². The summed E-state index contributed by atoms with van der Waals surface area (Å²) in [6, 6.07) is 0. The van der Waals surface area contributed by atoms with Crippen LogP contribution in [0.15, 0.2) is 18.6 Å². The molecule has 0 aliphatic heterocycles. The van der Waals surface area contributed by atoms with Gasteiger partial charge in [0.1, 0.15) is 12.1 Å². The highest BCUT2D eigenvalue weighted by atomic mass is 127. The molecule has 0 saturated heterocycles. The SMILES string of the molecule is CCOC(=O)[C@H]1CC=C(n2cc(I)c3c(N)ncnc32)CC1. The van der Waals surface area contributed by atoms with Crippen LogP contribution < -0.4 is 5.73 Å². The third-order valence-corrected chi connectivity index (χ3v) is 4.70. The average Bonchev–Trinajstić information content (AvgIpc) is 2.86. The highest BCUT2D eigenvalue weighted by Gasteiger charge is 2.24. The van der Waals surface area contributed by atoms with E-state index >= 15 is 0 Å². The van der Waals surface area contributed by atoms with Crippen LogP contribution in [-0.2, 0) is 9.53 Å². The molecular formula is C15H17IN4O2. The number of carbonyl (C=O) groups excluding carboxylic acids is 1. The lowest BCUT2D eigenvalue weighted by Gasteiger charge is -2.21. The second-order valence-electron chi connectivity index (χ2n) is 5.22. The van der Waals surface area contributed by atoms with Crippen LogP contribution in [0.5, 0.6) is 0 Å². The summed E-state index contributed by atoms with van der Waals surface area (Å²) >= 11 is 2.24. The van der Waals surface area contributed by atoms with E-state index in [1.165, 1.54) is 6.33 Å². The molecule has 0 aromatic carbocycles. The van der Waals surface area contributed by atoms with E-state index in [-0.39, 0.29) is 11.9 Å². The van der Waals surface area contributed by atoms with Crippen LogP contribution in [0.3, 0.4) is 0 Å². The molecule has 2 heterocycles. The molecule has 0 bridgehead atoms. The second kappa shape index (κ2) is 6.23. The number of hydrogen-bond acceptors (Lipinski definition) is 5. The summed E-state index contributed by atoms with van der Waals surface area (Å²) in [5.41, 5.74) is 7.91. The van der Waals surface area contributed by atoms with Gasteiger partial charge in [0, 0.05) is 15.5 Å². The maximum Gasteiger partial charge on any atom is 0.309 e. The molecule has 0 fully saturated rings. The summed E-state index contributed by atoms with van der Waals surface area (Å²) in [5, 5.41) is 0.886. The Balaban J connectivity index is 1.90. The maximum atomic E-state index is 11.8. The van der Waals surface area contributed by atoms with Gasteiger partial charge in [0.25, 0.3) is 0 Å². The molecule has 0 unspecified atom stereocenters. The van der Waals surface area contributed by atoms with Gasteiger partial charge in [-0.15, -0.1) is 0 Å². The molecule has 2 N–H and O–H groups in total. The van der Waals surface area contributed by atoms with Gasteiger partial charge < -0.3 is 15.0 Å². The van der Waals surface area contributed by atoms with Crippen molar-refractivity contribution >= 4 is 51.1 Å². The summed E-state index contributed by atoms with van der Waals surface area (Å²) in [7, 11) is 0. The van der Waals surface area contributed by atoms with Crippen LogP contribution in [-0.4, -0.2) is 27.1 Å². The molecule has 1 aliphatic rings. The zero-order chi connectivity index (χ0) is 15.7. The Morgan fingerprint density at radius 3 is 3.05 bits per heavy atom. The molecule has 2 aromatic heterocycles. The number of ether oxygens (including phenoxy) is 1. The van der Waals surface area contributed by atoms with Crippen molar-refractivity contribution in [3.63, 3.8) is 0 Å². The third-order valence-electron chi connectivity index (χ3n) is 3.88. The number of aromatic nitrogens is 3. The average molecular weight is 412 g/mol. The van der Waals surface area contributed by atoms with Crippen LogP contribution >= 0.6 is 22.6 Å². The molecule has 116 valence electrons. The van der Waals surface area contributed by atoms with Crippen molar-refractivity contribution in [1.29, 1.82) is 0 Å². The number of esters is 1. The summed E-state index contributed by atoms with van der Waals surface area (Å²) in [4.78, 5) is 20.2. The Morgan fingerprint density at radius 1 is 1.55 bits per heavy atom. The number of allylic oxidation sites excluding steroid dienone is 2. The van der Waals surface area contributed by atoms with Gasteiger partial charge in [0.15, 0.2) is 5.65 Å². The first kappa shape index (κ1) is 15.3. The molecule has 2 aromatic rings. The molecule has 7 heteroatoms. The smallest absolute Gasteiger partial charge is 0.309 e. The highest BCUT2D eigenvalue weighted by molar-refractivity contribution is 14.1. The summed E-state index contributed by atoms with van der Waals surface area (Å²) in [6.45, 7) is 2.27. The lowest BCUT2D eigenvalue weighted by atomic mass is 9.92. The molecule has 1 aliphatic carbocycles. The number of halogens is 1. The quantitative estimate of drug-likeness (QED) is 0.619. The van der Waals surface area contributed by atoms with E-state index in [1.54, 1.807) is 0 Å². The monoisotopic (exact) mass is 412 g/mol. The van der Waals surface area contributed by atoms with Crippen molar-refractivity contribution in [2.45, 2.75) is 26.2 Å². The molecule has 0 saturated carbocycles. The van der Waals surface area contributed by atoms with E-state index < -0.39 is 0 Å². The lowest BCUT2D eigenvalue weighted by Crippen LogP contribution is -2.20. The van der Waals surface area contributed by atoms with Crippen LogP contribution in [0.25, 0.3) is 16.7 Å². The Labute approximate surface area is 141 Å². The summed E-state index contributed by atoms with van der Waals surface area (Å²) < 4.78 is 8.18. The fourth-order valence-electron chi connectivity index (χ4n) is 2.77. The largest absolute Gasteiger partial charge is 0.466 e. The van der Waals surface area contributed by atoms with E-state index in [2.05, 4.69) is 43.2 Å². The molecule has 0 radical (unpaired) electrons. The highest BCUT2D eigenvalue weighted by Crippen LogP contribution is 2.32. The van der Waals surface area contributed by atoms with Crippen LogP contribution in [0.4, 0.5) is 5.82 Å². The van der Waals surface area contributed by atoms with Crippen molar-refractivity contribution < 1.29 is 9.53 Å². The number of rotatable bonds is 3. The first-order valence-electron chi connectivity index (χ1n) is 7.25. The zero-order valence-corrected chi connectivity index (χ0v) is 14.4. The molecule has 1 atom stereocenters. The van der Waals surface area contributed by atoms with Gasteiger partial charge in [-0.2, -0.15) is 0 Å². The van der Waals surface area contributed by atoms with Crippen molar-refractivity contribution in [3.05, 3.63) is 22.2 Å². The molecule has 0 amide bonds. The van der Waals surface area contributed by atoms with E-state index in [0.717, 1.165) is 33.1 Å². The number of nitrogens with two attached hydrogens (primary N) is 1. The second-order valence-corrected chi connectivity index (χ2v) is 6.39. The summed E-state index contributed by atoms with van der Waals surface area (Å²) in [6.07, 6.45) is 7.90. The number of anilines is 1. The van der Waals surface area contributed by atoms with E-state index in [9.17, 15) is 4.79 Å². The molecule has 0 spiro atoms. The zero-order valence-electron chi connectivity index (χ0n) is 12.3. The van der Waals surface area contributed by atoms with Gasteiger partial charge in [-0.05, 0) is 48.8 Å². The minimum absolute atomic E-state index is 0.0377. The van der Waals surface area contributed by atoms with Crippen molar-refractivity contribution in [1.82, 2.24) is 14.5 Å². The van der Waals surface area contributed by atoms with Gasteiger partial charge >= 0.3 is 5.97 Å². The predicted molar refractivity (Wildman–Crippen MR) is 92.9 cm³/mol. The van der Waals surface area contributed by atoms with Crippen LogP contribution in [0.1, 0.15) is 26.2 Å². The third kappa shape index (κ3) is 2.69. The minimum Gasteiger partial charge on any atom is -0.466 e. The van der Waals surface area contributed by atoms with Gasteiger partial charge in [-0.1, -0.05) is 6.08 Å². The van der Waals surface area contributed by atoms with E-state index in [1.807, 2.05) is 13.1 Å². The summed E-state index contributed by atoms with van der Waals surface area (Å²) in [5.74, 6) is 0.356. The predicted octanol–water partition coefficient (Wildman–Crippen LogP) is 2.82. The van der Waals surface area contributed by atoms with Crippen LogP contribution in [0.2, 0.25) is 0 Å². The van der Waals surface area contributed by atoms with Gasteiger partial charge in [0.05, 0.1) is 17.9 Å². The fourth-order valence-corrected chi connectivity index (χ4v) is 3.57. The normalized spacial score (nSPS) is 18.3. The topological polar surface area (TPSA) is 83.0 Å². The number of nitrogens with zero attached hydrogens (tertiary/aromatic N) is 3. The number of fused-ring (bicyclic) bond motifs is 1.